The van der Waals surface area contributed by atoms with Gasteiger partial charge in [0.2, 0.25) is 0 Å². The minimum absolute atomic E-state index is 0.387. The monoisotopic (exact) mass is 291 g/mol. The van der Waals surface area contributed by atoms with Crippen molar-refractivity contribution in [1.82, 2.24) is 5.32 Å². The lowest BCUT2D eigenvalue weighted by Gasteiger charge is -2.40. The van der Waals surface area contributed by atoms with Gasteiger partial charge in [-0.15, -0.1) is 0 Å². The molecule has 1 aliphatic carbocycles. The average Bonchev–Trinajstić information content (AvgIpc) is 2.44. The van der Waals surface area contributed by atoms with Crippen molar-refractivity contribution in [2.24, 2.45) is 5.41 Å². The standard InChI is InChI=1S/C18H29NO2/c1-4-21-16-7-5-6-15(12-16)13-19-14-18(20)10-8-17(2,3)9-11-18/h5-7,12,19-20H,4,8-11,13-14H2,1-3H3. The van der Waals surface area contributed by atoms with Gasteiger partial charge in [-0.3, -0.25) is 0 Å². The van der Waals surface area contributed by atoms with E-state index in [4.69, 9.17) is 4.74 Å². The Hall–Kier alpha value is -1.06. The number of hydrogen-bond acceptors (Lipinski definition) is 3. The second-order valence-corrected chi connectivity index (χ2v) is 7.07. The first-order valence-corrected chi connectivity index (χ1v) is 8.07. The highest BCUT2D eigenvalue weighted by atomic mass is 16.5. The van der Waals surface area contributed by atoms with Crippen molar-refractivity contribution >= 4 is 0 Å². The summed E-state index contributed by atoms with van der Waals surface area (Å²) < 4.78 is 5.51. The first-order chi connectivity index (χ1) is 9.92. The fourth-order valence-electron chi connectivity index (χ4n) is 2.92. The summed E-state index contributed by atoms with van der Waals surface area (Å²) in [5, 5.41) is 14.0. The molecule has 0 atom stereocenters. The maximum Gasteiger partial charge on any atom is 0.119 e. The molecule has 21 heavy (non-hydrogen) atoms. The van der Waals surface area contributed by atoms with E-state index < -0.39 is 5.60 Å². The van der Waals surface area contributed by atoms with Crippen LogP contribution in [-0.4, -0.2) is 23.9 Å². The predicted molar refractivity (Wildman–Crippen MR) is 86.5 cm³/mol. The quantitative estimate of drug-likeness (QED) is 0.843. The van der Waals surface area contributed by atoms with Crippen LogP contribution in [0, 0.1) is 5.41 Å². The number of hydrogen-bond donors (Lipinski definition) is 2. The highest BCUT2D eigenvalue weighted by Gasteiger charge is 2.36. The Bertz CT molecular complexity index is 446. The zero-order chi connectivity index (χ0) is 15.3. The predicted octanol–water partition coefficient (Wildman–Crippen LogP) is 3.51. The van der Waals surface area contributed by atoms with Gasteiger partial charge < -0.3 is 15.2 Å². The van der Waals surface area contributed by atoms with Gasteiger partial charge in [-0.05, 0) is 55.7 Å². The lowest BCUT2D eigenvalue weighted by Crippen LogP contribution is -2.44. The zero-order valence-electron chi connectivity index (χ0n) is 13.6. The maximum absolute atomic E-state index is 10.6. The number of ether oxygens (including phenoxy) is 1. The van der Waals surface area contributed by atoms with Crippen LogP contribution < -0.4 is 10.1 Å². The van der Waals surface area contributed by atoms with E-state index in [1.807, 2.05) is 19.1 Å². The molecule has 1 aromatic rings. The summed E-state index contributed by atoms with van der Waals surface area (Å²) >= 11 is 0. The van der Waals surface area contributed by atoms with E-state index >= 15 is 0 Å². The van der Waals surface area contributed by atoms with E-state index in [1.54, 1.807) is 0 Å². The fraction of sp³-hybridized carbons (Fsp3) is 0.667. The summed E-state index contributed by atoms with van der Waals surface area (Å²) in [5.41, 5.74) is 1.05. The van der Waals surface area contributed by atoms with E-state index in [0.29, 0.717) is 18.6 Å². The van der Waals surface area contributed by atoms with E-state index in [9.17, 15) is 5.11 Å². The fourth-order valence-corrected chi connectivity index (χ4v) is 2.92. The van der Waals surface area contributed by atoms with Crippen molar-refractivity contribution < 1.29 is 9.84 Å². The molecule has 0 radical (unpaired) electrons. The van der Waals surface area contributed by atoms with Crippen molar-refractivity contribution in [3.63, 3.8) is 0 Å². The molecule has 0 aliphatic heterocycles. The van der Waals surface area contributed by atoms with Crippen molar-refractivity contribution in [3.05, 3.63) is 29.8 Å². The number of aliphatic hydroxyl groups is 1. The largest absolute Gasteiger partial charge is 0.494 e. The third-order valence-corrected chi connectivity index (χ3v) is 4.53. The Morgan fingerprint density at radius 2 is 1.90 bits per heavy atom. The molecule has 0 spiro atoms. The SMILES string of the molecule is CCOc1cccc(CNCC2(O)CCC(C)(C)CC2)c1. The lowest BCUT2D eigenvalue weighted by molar-refractivity contribution is -0.0245. The van der Waals surface area contributed by atoms with Gasteiger partial charge in [-0.2, -0.15) is 0 Å². The van der Waals surface area contributed by atoms with Crippen LogP contribution >= 0.6 is 0 Å². The summed E-state index contributed by atoms with van der Waals surface area (Å²) in [4.78, 5) is 0. The van der Waals surface area contributed by atoms with Crippen molar-refractivity contribution in [3.8, 4) is 5.75 Å². The molecule has 3 heteroatoms. The molecule has 1 saturated carbocycles. The van der Waals surface area contributed by atoms with Gasteiger partial charge in [0.25, 0.3) is 0 Å². The average molecular weight is 291 g/mol. The highest BCUT2D eigenvalue weighted by molar-refractivity contribution is 5.28. The lowest BCUT2D eigenvalue weighted by atomic mass is 9.71. The molecule has 3 nitrogen and oxygen atoms in total. The molecule has 1 aliphatic rings. The van der Waals surface area contributed by atoms with Gasteiger partial charge >= 0.3 is 0 Å². The van der Waals surface area contributed by atoms with Gasteiger partial charge in [0.15, 0.2) is 0 Å². The van der Waals surface area contributed by atoms with Crippen LogP contribution in [0.5, 0.6) is 5.75 Å². The Labute approximate surface area is 128 Å². The maximum atomic E-state index is 10.6. The second kappa shape index (κ2) is 6.80. The van der Waals surface area contributed by atoms with Crippen LogP contribution in [0.1, 0.15) is 52.0 Å². The van der Waals surface area contributed by atoms with E-state index in [-0.39, 0.29) is 0 Å². The van der Waals surface area contributed by atoms with Crippen LogP contribution in [-0.2, 0) is 6.54 Å². The summed E-state index contributed by atoms with van der Waals surface area (Å²) in [7, 11) is 0. The third kappa shape index (κ3) is 5.01. The van der Waals surface area contributed by atoms with Crippen LogP contribution in [0.2, 0.25) is 0 Å². The molecule has 0 amide bonds. The van der Waals surface area contributed by atoms with E-state index in [2.05, 4.69) is 31.3 Å². The normalized spacial score (nSPS) is 20.2. The van der Waals surface area contributed by atoms with Gasteiger partial charge in [0.1, 0.15) is 5.75 Å². The van der Waals surface area contributed by atoms with Gasteiger partial charge in [-0.1, -0.05) is 26.0 Å². The van der Waals surface area contributed by atoms with Crippen LogP contribution in [0.25, 0.3) is 0 Å². The Balaban J connectivity index is 1.80. The number of nitrogens with one attached hydrogen (secondary N) is 1. The number of rotatable bonds is 6. The molecule has 2 N–H and O–H groups in total. The summed E-state index contributed by atoms with van der Waals surface area (Å²) in [6.07, 6.45) is 3.99. The minimum Gasteiger partial charge on any atom is -0.494 e. The minimum atomic E-state index is -0.535. The number of benzene rings is 1. The molecule has 0 aromatic heterocycles. The summed E-state index contributed by atoms with van der Waals surface area (Å²) in [5.74, 6) is 0.912. The zero-order valence-corrected chi connectivity index (χ0v) is 13.6. The molecule has 0 heterocycles. The van der Waals surface area contributed by atoms with Crippen molar-refractivity contribution in [2.75, 3.05) is 13.2 Å². The molecular formula is C18H29NO2. The molecule has 118 valence electrons. The molecule has 1 fully saturated rings. The molecule has 0 saturated heterocycles. The van der Waals surface area contributed by atoms with Crippen molar-refractivity contribution in [1.29, 1.82) is 0 Å². The Kier molecular flexibility index (Phi) is 5.28. The van der Waals surface area contributed by atoms with Gasteiger partial charge in [-0.25, -0.2) is 0 Å². The summed E-state index contributed by atoms with van der Waals surface area (Å²) in [6, 6.07) is 8.14. The topological polar surface area (TPSA) is 41.5 Å². The molecule has 0 unspecified atom stereocenters. The molecule has 0 bridgehead atoms. The molecular weight excluding hydrogens is 262 g/mol. The van der Waals surface area contributed by atoms with Gasteiger partial charge in [0, 0.05) is 13.1 Å². The highest BCUT2D eigenvalue weighted by Crippen LogP contribution is 2.39. The Morgan fingerprint density at radius 3 is 2.57 bits per heavy atom. The first kappa shape index (κ1) is 16.3. The van der Waals surface area contributed by atoms with Crippen LogP contribution in [0.15, 0.2) is 24.3 Å². The third-order valence-electron chi connectivity index (χ3n) is 4.53. The van der Waals surface area contributed by atoms with Crippen molar-refractivity contribution in [2.45, 2.75) is 58.6 Å². The van der Waals surface area contributed by atoms with E-state index in [0.717, 1.165) is 38.0 Å². The van der Waals surface area contributed by atoms with Crippen LogP contribution in [0.4, 0.5) is 0 Å². The second-order valence-electron chi connectivity index (χ2n) is 7.07. The molecule has 1 aromatic carbocycles. The van der Waals surface area contributed by atoms with Crippen LogP contribution in [0.3, 0.4) is 0 Å². The smallest absolute Gasteiger partial charge is 0.119 e. The van der Waals surface area contributed by atoms with Gasteiger partial charge in [0.05, 0.1) is 12.2 Å². The Morgan fingerprint density at radius 1 is 1.19 bits per heavy atom. The summed E-state index contributed by atoms with van der Waals surface area (Å²) in [6.45, 7) is 8.70. The first-order valence-electron chi connectivity index (χ1n) is 8.07. The molecule has 2 rings (SSSR count). The van der Waals surface area contributed by atoms with E-state index in [1.165, 1.54) is 5.56 Å².